The Bertz CT molecular complexity index is 526. The van der Waals surface area contributed by atoms with Crippen LogP contribution in [0.15, 0.2) is 15.5 Å². The summed E-state index contributed by atoms with van der Waals surface area (Å²) < 4.78 is 2.39. The van der Waals surface area contributed by atoms with Gasteiger partial charge in [0.05, 0.1) is 10.7 Å². The topological polar surface area (TPSA) is 64.2 Å². The summed E-state index contributed by atoms with van der Waals surface area (Å²) in [4.78, 5) is 14.6. The lowest BCUT2D eigenvalue weighted by Gasteiger charge is -2.26. The van der Waals surface area contributed by atoms with Gasteiger partial charge in [-0.2, -0.15) is 5.10 Å². The van der Waals surface area contributed by atoms with Gasteiger partial charge in [0.25, 0.3) is 5.56 Å². The molecular formula is C13H19BrN4O. The fraction of sp³-hybridized carbons (Fsp3) is 0.692. The second-order valence-electron chi connectivity index (χ2n) is 5.62. The summed E-state index contributed by atoms with van der Waals surface area (Å²) in [6.45, 7) is 2.35. The minimum absolute atomic E-state index is 0.00961. The first-order valence-electron chi connectivity index (χ1n) is 6.91. The molecule has 5 nitrogen and oxygen atoms in total. The van der Waals surface area contributed by atoms with Gasteiger partial charge in [0.1, 0.15) is 5.69 Å². The molecule has 1 saturated heterocycles. The minimum Gasteiger partial charge on any atom is -0.364 e. The van der Waals surface area contributed by atoms with Gasteiger partial charge in [0, 0.05) is 25.7 Å². The Balaban J connectivity index is 1.89. The van der Waals surface area contributed by atoms with Crippen LogP contribution in [0.3, 0.4) is 0 Å². The summed E-state index contributed by atoms with van der Waals surface area (Å²) in [6.07, 6.45) is 6.39. The van der Waals surface area contributed by atoms with Gasteiger partial charge in [-0.05, 0) is 41.1 Å². The van der Waals surface area contributed by atoms with Crippen molar-refractivity contribution in [1.82, 2.24) is 9.78 Å². The van der Waals surface area contributed by atoms with Crippen LogP contribution < -0.4 is 16.2 Å². The minimum atomic E-state index is 0.00961. The second-order valence-corrected chi connectivity index (χ2v) is 6.47. The monoisotopic (exact) mass is 326 g/mol. The molecule has 0 spiro atoms. The van der Waals surface area contributed by atoms with E-state index in [9.17, 15) is 4.79 Å². The molecule has 6 heteroatoms. The second kappa shape index (κ2) is 5.25. The summed E-state index contributed by atoms with van der Waals surface area (Å²) in [5, 5.41) is 4.25. The van der Waals surface area contributed by atoms with Crippen molar-refractivity contribution in [2.45, 2.75) is 38.3 Å². The molecule has 1 saturated carbocycles. The maximum absolute atomic E-state index is 12.5. The first kappa shape index (κ1) is 13.1. The van der Waals surface area contributed by atoms with Crippen LogP contribution in [-0.4, -0.2) is 28.9 Å². The standard InChI is InChI=1S/C13H19BrN4O/c14-11-6-16-18(7-9-2-1-3-9)13(19)12(11)17-5-4-10(15)8-17/h6,9-10H,1-5,7-8,15H2. The van der Waals surface area contributed by atoms with Gasteiger partial charge >= 0.3 is 0 Å². The highest BCUT2D eigenvalue weighted by Crippen LogP contribution is 2.28. The van der Waals surface area contributed by atoms with Crippen LogP contribution in [0, 0.1) is 5.92 Å². The van der Waals surface area contributed by atoms with Crippen molar-refractivity contribution in [3.8, 4) is 0 Å². The van der Waals surface area contributed by atoms with Crippen molar-refractivity contribution in [3.63, 3.8) is 0 Å². The molecule has 1 aromatic rings. The molecule has 1 aliphatic carbocycles. The number of halogens is 1. The zero-order valence-electron chi connectivity index (χ0n) is 10.9. The largest absolute Gasteiger partial charge is 0.364 e. The van der Waals surface area contributed by atoms with Crippen LogP contribution in [0.1, 0.15) is 25.7 Å². The molecule has 0 bridgehead atoms. The van der Waals surface area contributed by atoms with Gasteiger partial charge in [0.2, 0.25) is 0 Å². The smallest absolute Gasteiger partial charge is 0.291 e. The molecule has 0 aromatic carbocycles. The lowest BCUT2D eigenvalue weighted by atomic mass is 9.85. The summed E-state index contributed by atoms with van der Waals surface area (Å²) >= 11 is 3.45. The number of hydrogen-bond acceptors (Lipinski definition) is 4. The third-order valence-electron chi connectivity index (χ3n) is 4.17. The van der Waals surface area contributed by atoms with Crippen molar-refractivity contribution in [1.29, 1.82) is 0 Å². The van der Waals surface area contributed by atoms with Gasteiger partial charge in [-0.1, -0.05) is 6.42 Å². The molecule has 0 radical (unpaired) electrons. The highest BCUT2D eigenvalue weighted by molar-refractivity contribution is 9.10. The Morgan fingerprint density at radius 1 is 1.42 bits per heavy atom. The maximum Gasteiger partial charge on any atom is 0.291 e. The molecule has 19 heavy (non-hydrogen) atoms. The fourth-order valence-electron chi connectivity index (χ4n) is 2.79. The summed E-state index contributed by atoms with van der Waals surface area (Å²) in [5.41, 5.74) is 6.66. The van der Waals surface area contributed by atoms with Gasteiger partial charge in [0.15, 0.2) is 0 Å². The van der Waals surface area contributed by atoms with E-state index in [4.69, 9.17) is 5.73 Å². The molecule has 2 heterocycles. The van der Waals surface area contributed by atoms with E-state index >= 15 is 0 Å². The number of hydrogen-bond donors (Lipinski definition) is 1. The fourth-order valence-corrected chi connectivity index (χ4v) is 3.30. The van der Waals surface area contributed by atoms with E-state index in [-0.39, 0.29) is 11.6 Å². The number of nitrogens with two attached hydrogens (primary N) is 1. The van der Waals surface area contributed by atoms with E-state index in [1.807, 2.05) is 0 Å². The molecule has 1 aromatic heterocycles. The molecular weight excluding hydrogens is 308 g/mol. The van der Waals surface area contributed by atoms with Crippen LogP contribution in [0.4, 0.5) is 5.69 Å². The van der Waals surface area contributed by atoms with Crippen molar-refractivity contribution >= 4 is 21.6 Å². The van der Waals surface area contributed by atoms with Crippen LogP contribution in [0.2, 0.25) is 0 Å². The van der Waals surface area contributed by atoms with E-state index < -0.39 is 0 Å². The first-order valence-corrected chi connectivity index (χ1v) is 7.70. The maximum atomic E-state index is 12.5. The van der Waals surface area contributed by atoms with Crippen LogP contribution in [0.5, 0.6) is 0 Å². The van der Waals surface area contributed by atoms with Crippen molar-refractivity contribution in [2.75, 3.05) is 18.0 Å². The van der Waals surface area contributed by atoms with Crippen LogP contribution in [-0.2, 0) is 6.54 Å². The van der Waals surface area contributed by atoms with Crippen molar-refractivity contribution < 1.29 is 0 Å². The average Bonchev–Trinajstić information content (AvgIpc) is 2.72. The number of aromatic nitrogens is 2. The molecule has 1 atom stereocenters. The molecule has 3 rings (SSSR count). The Morgan fingerprint density at radius 2 is 2.21 bits per heavy atom. The van der Waals surface area contributed by atoms with Gasteiger partial charge in [-0.15, -0.1) is 0 Å². The first-order chi connectivity index (χ1) is 9.15. The zero-order chi connectivity index (χ0) is 13.4. The van der Waals surface area contributed by atoms with E-state index in [0.29, 0.717) is 5.92 Å². The van der Waals surface area contributed by atoms with E-state index in [2.05, 4.69) is 25.9 Å². The number of nitrogens with zero attached hydrogens (tertiary/aromatic N) is 3. The van der Waals surface area contributed by atoms with Crippen molar-refractivity contribution in [3.05, 3.63) is 21.0 Å². The normalized spacial score (nSPS) is 23.7. The van der Waals surface area contributed by atoms with E-state index in [1.165, 1.54) is 19.3 Å². The lowest BCUT2D eigenvalue weighted by molar-refractivity contribution is 0.261. The van der Waals surface area contributed by atoms with Crippen LogP contribution >= 0.6 is 15.9 Å². The Kier molecular flexibility index (Phi) is 3.62. The molecule has 1 unspecified atom stereocenters. The molecule has 104 valence electrons. The zero-order valence-corrected chi connectivity index (χ0v) is 12.5. The average molecular weight is 327 g/mol. The molecule has 0 amide bonds. The van der Waals surface area contributed by atoms with Gasteiger partial charge < -0.3 is 10.6 Å². The SMILES string of the molecule is NC1CCN(c2c(Br)cnn(CC3CCC3)c2=O)C1. The number of rotatable bonds is 3. The molecule has 2 fully saturated rings. The summed E-state index contributed by atoms with van der Waals surface area (Å²) in [7, 11) is 0. The summed E-state index contributed by atoms with van der Waals surface area (Å²) in [6, 6.07) is 0.166. The van der Waals surface area contributed by atoms with E-state index in [1.54, 1.807) is 10.9 Å². The molecule has 2 aliphatic rings. The molecule has 2 N–H and O–H groups in total. The highest BCUT2D eigenvalue weighted by Gasteiger charge is 2.26. The Morgan fingerprint density at radius 3 is 2.79 bits per heavy atom. The van der Waals surface area contributed by atoms with Crippen molar-refractivity contribution in [2.24, 2.45) is 11.7 Å². The van der Waals surface area contributed by atoms with Crippen LogP contribution in [0.25, 0.3) is 0 Å². The Hall–Kier alpha value is -0.880. The predicted molar refractivity (Wildman–Crippen MR) is 78.3 cm³/mol. The third-order valence-corrected chi connectivity index (χ3v) is 4.75. The van der Waals surface area contributed by atoms with Gasteiger partial charge in [-0.3, -0.25) is 4.79 Å². The lowest BCUT2D eigenvalue weighted by Crippen LogP contribution is -2.36. The van der Waals surface area contributed by atoms with E-state index in [0.717, 1.165) is 36.2 Å². The quantitative estimate of drug-likeness (QED) is 0.910. The number of anilines is 1. The predicted octanol–water partition coefficient (Wildman–Crippen LogP) is 1.34. The third kappa shape index (κ3) is 2.56. The Labute approximate surface area is 120 Å². The summed E-state index contributed by atoms with van der Waals surface area (Å²) in [5.74, 6) is 0.625. The van der Waals surface area contributed by atoms with Gasteiger partial charge in [-0.25, -0.2) is 4.68 Å². The molecule has 1 aliphatic heterocycles. The highest BCUT2D eigenvalue weighted by atomic mass is 79.9.